The van der Waals surface area contributed by atoms with Crippen LogP contribution in [0.2, 0.25) is 0 Å². The van der Waals surface area contributed by atoms with Gasteiger partial charge in [0.15, 0.2) is 5.12 Å². The number of rotatable bonds is 13. The zero-order valence-corrected chi connectivity index (χ0v) is 13.8. The zero-order valence-electron chi connectivity index (χ0n) is 12.9. The fraction of sp³-hybridized carbons (Fsp3) is 0.611. The summed E-state index contributed by atoms with van der Waals surface area (Å²) < 4.78 is 0. The van der Waals surface area contributed by atoms with Gasteiger partial charge in [-0.2, -0.15) is 0 Å². The molecule has 0 radical (unpaired) electrons. The van der Waals surface area contributed by atoms with Gasteiger partial charge in [-0.3, -0.25) is 4.79 Å². The van der Waals surface area contributed by atoms with E-state index < -0.39 is 0 Å². The minimum absolute atomic E-state index is 0.0196. The molecule has 0 aromatic carbocycles. The molecular formula is C18H30OS. The average Bonchev–Trinajstić information content (AvgIpc) is 2.43. The van der Waals surface area contributed by atoms with Crippen LogP contribution >= 0.6 is 12.6 Å². The lowest BCUT2D eigenvalue weighted by atomic mass is 10.1. The van der Waals surface area contributed by atoms with Crippen LogP contribution in [0.15, 0.2) is 36.5 Å². The Kier molecular flexibility index (Phi) is 15.7. The van der Waals surface area contributed by atoms with Crippen LogP contribution in [0.25, 0.3) is 0 Å². The number of hydrogen-bond acceptors (Lipinski definition) is 1. The summed E-state index contributed by atoms with van der Waals surface area (Å²) in [5, 5.41) is 0.0196. The Balaban J connectivity index is 3.23. The molecule has 0 saturated heterocycles. The lowest BCUT2D eigenvalue weighted by molar-refractivity contribution is -0.110. The van der Waals surface area contributed by atoms with Crippen molar-refractivity contribution < 1.29 is 4.79 Å². The maximum Gasteiger partial charge on any atom is 0.185 e. The average molecular weight is 295 g/mol. The van der Waals surface area contributed by atoms with E-state index in [1.165, 1.54) is 25.7 Å². The van der Waals surface area contributed by atoms with Crippen LogP contribution in [0.1, 0.15) is 71.1 Å². The van der Waals surface area contributed by atoms with Crippen molar-refractivity contribution in [2.75, 3.05) is 0 Å². The molecule has 114 valence electrons. The van der Waals surface area contributed by atoms with Crippen molar-refractivity contribution in [2.24, 2.45) is 0 Å². The standard InChI is InChI=1S/C18H30OS/c1-2-3-4-5-6-7-8-9-10-11-12-13-14-15-16-17-18(19)20/h3-4,6-7,9-10H,2,5,8,11-17H2,1H3,(H,19,20)/b4-3-,7-6-,10-9-. The molecule has 20 heavy (non-hydrogen) atoms. The number of carbonyl (C=O) groups is 1. The Labute approximate surface area is 130 Å². The molecule has 0 aliphatic rings. The predicted octanol–water partition coefficient (Wildman–Crippen LogP) is 6.03. The molecule has 0 fully saturated rings. The largest absolute Gasteiger partial charge is 0.288 e. The second-order valence-corrected chi connectivity index (χ2v) is 5.49. The summed E-state index contributed by atoms with van der Waals surface area (Å²) in [6, 6.07) is 0. The fourth-order valence-electron chi connectivity index (χ4n) is 1.90. The van der Waals surface area contributed by atoms with Crippen LogP contribution in [0, 0.1) is 0 Å². The first-order valence-electron chi connectivity index (χ1n) is 7.94. The number of unbranched alkanes of at least 4 members (excludes halogenated alkanes) is 5. The molecule has 0 bridgehead atoms. The zero-order chi connectivity index (χ0) is 14.9. The first kappa shape index (κ1) is 19.2. The van der Waals surface area contributed by atoms with E-state index in [0.29, 0.717) is 6.42 Å². The Bertz CT molecular complexity index is 303. The molecule has 0 atom stereocenters. The topological polar surface area (TPSA) is 17.1 Å². The fourth-order valence-corrected chi connectivity index (χ4v) is 2.05. The van der Waals surface area contributed by atoms with Crippen molar-refractivity contribution in [2.45, 2.75) is 71.1 Å². The summed E-state index contributed by atoms with van der Waals surface area (Å²) in [6.45, 7) is 2.16. The highest BCUT2D eigenvalue weighted by Crippen LogP contribution is 2.08. The van der Waals surface area contributed by atoms with Crippen LogP contribution in [0.4, 0.5) is 0 Å². The van der Waals surface area contributed by atoms with Gasteiger partial charge in [-0.25, -0.2) is 0 Å². The maximum absolute atomic E-state index is 10.6. The van der Waals surface area contributed by atoms with Gasteiger partial charge >= 0.3 is 0 Å². The van der Waals surface area contributed by atoms with Crippen LogP contribution in [-0.2, 0) is 4.79 Å². The summed E-state index contributed by atoms with van der Waals surface area (Å²) in [6.07, 6.45) is 24.3. The van der Waals surface area contributed by atoms with Gasteiger partial charge in [0.05, 0.1) is 0 Å². The molecule has 0 amide bonds. The Hall–Kier alpha value is -0.760. The quantitative estimate of drug-likeness (QED) is 0.249. The molecule has 0 aromatic heterocycles. The van der Waals surface area contributed by atoms with Gasteiger partial charge in [0.25, 0.3) is 0 Å². The number of allylic oxidation sites excluding steroid dienone is 6. The molecule has 0 unspecified atom stereocenters. The van der Waals surface area contributed by atoms with Gasteiger partial charge < -0.3 is 0 Å². The summed E-state index contributed by atoms with van der Waals surface area (Å²) in [5.41, 5.74) is 0. The van der Waals surface area contributed by atoms with E-state index >= 15 is 0 Å². The first-order valence-corrected chi connectivity index (χ1v) is 8.39. The highest BCUT2D eigenvalue weighted by atomic mass is 32.1. The van der Waals surface area contributed by atoms with Crippen LogP contribution in [-0.4, -0.2) is 5.12 Å². The number of thiol groups is 1. The Morgan fingerprint density at radius 1 is 0.800 bits per heavy atom. The Morgan fingerprint density at radius 3 is 2.00 bits per heavy atom. The molecule has 0 aliphatic carbocycles. The normalized spacial score (nSPS) is 12.1. The molecule has 0 rings (SSSR count). The predicted molar refractivity (Wildman–Crippen MR) is 93.3 cm³/mol. The number of carbonyl (C=O) groups excluding carboxylic acids is 1. The molecule has 0 aromatic rings. The molecule has 0 saturated carbocycles. The van der Waals surface area contributed by atoms with Gasteiger partial charge in [0.1, 0.15) is 0 Å². The molecular weight excluding hydrogens is 264 g/mol. The Morgan fingerprint density at radius 2 is 1.35 bits per heavy atom. The lowest BCUT2D eigenvalue weighted by Crippen LogP contribution is -1.86. The lowest BCUT2D eigenvalue weighted by Gasteiger charge is -1.98. The molecule has 0 spiro atoms. The maximum atomic E-state index is 10.6. The molecule has 0 aliphatic heterocycles. The van der Waals surface area contributed by atoms with Gasteiger partial charge in [0, 0.05) is 6.42 Å². The van der Waals surface area contributed by atoms with E-state index in [4.69, 9.17) is 0 Å². The highest BCUT2D eigenvalue weighted by Gasteiger charge is 1.94. The summed E-state index contributed by atoms with van der Waals surface area (Å²) in [4.78, 5) is 10.6. The minimum Gasteiger partial charge on any atom is -0.288 e. The van der Waals surface area contributed by atoms with Gasteiger partial charge in [0.2, 0.25) is 0 Å². The van der Waals surface area contributed by atoms with Crippen molar-refractivity contribution in [1.82, 2.24) is 0 Å². The van der Waals surface area contributed by atoms with Crippen molar-refractivity contribution in [1.29, 1.82) is 0 Å². The van der Waals surface area contributed by atoms with Gasteiger partial charge in [-0.05, 0) is 38.5 Å². The highest BCUT2D eigenvalue weighted by molar-refractivity contribution is 7.96. The van der Waals surface area contributed by atoms with Crippen molar-refractivity contribution in [3.63, 3.8) is 0 Å². The third-order valence-corrected chi connectivity index (χ3v) is 3.27. The summed E-state index contributed by atoms with van der Waals surface area (Å²) in [7, 11) is 0. The van der Waals surface area contributed by atoms with E-state index in [9.17, 15) is 4.79 Å². The van der Waals surface area contributed by atoms with Crippen LogP contribution in [0.3, 0.4) is 0 Å². The van der Waals surface area contributed by atoms with E-state index in [-0.39, 0.29) is 5.12 Å². The number of hydrogen-bond donors (Lipinski definition) is 1. The van der Waals surface area contributed by atoms with Gasteiger partial charge in [-0.1, -0.05) is 62.6 Å². The first-order chi connectivity index (χ1) is 9.77. The van der Waals surface area contributed by atoms with Crippen molar-refractivity contribution in [3.05, 3.63) is 36.5 Å². The molecule has 0 heterocycles. The van der Waals surface area contributed by atoms with E-state index in [1.807, 2.05) is 0 Å². The minimum atomic E-state index is 0.0196. The van der Waals surface area contributed by atoms with Crippen LogP contribution in [0.5, 0.6) is 0 Å². The third kappa shape index (κ3) is 17.2. The van der Waals surface area contributed by atoms with E-state index in [2.05, 4.69) is 56.0 Å². The molecule has 0 N–H and O–H groups in total. The molecule has 1 nitrogen and oxygen atoms in total. The smallest absolute Gasteiger partial charge is 0.185 e. The summed E-state index contributed by atoms with van der Waals surface area (Å²) >= 11 is 3.76. The summed E-state index contributed by atoms with van der Waals surface area (Å²) in [5.74, 6) is 0. The second kappa shape index (κ2) is 16.3. The molecule has 2 heteroatoms. The van der Waals surface area contributed by atoms with Gasteiger partial charge in [-0.15, -0.1) is 12.6 Å². The monoisotopic (exact) mass is 294 g/mol. The van der Waals surface area contributed by atoms with E-state index in [0.717, 1.165) is 32.1 Å². The van der Waals surface area contributed by atoms with Crippen molar-refractivity contribution >= 4 is 17.7 Å². The third-order valence-electron chi connectivity index (χ3n) is 3.04. The van der Waals surface area contributed by atoms with Crippen molar-refractivity contribution in [3.8, 4) is 0 Å². The van der Waals surface area contributed by atoms with E-state index in [1.54, 1.807) is 0 Å². The second-order valence-electron chi connectivity index (χ2n) is 4.99. The SMILES string of the molecule is CC/C=C\C/C=C\C/C=C\CCCCCCCC(=O)S. The van der Waals surface area contributed by atoms with Crippen LogP contribution < -0.4 is 0 Å².